The largest absolute Gasteiger partial charge is 0.394 e. The van der Waals surface area contributed by atoms with Crippen molar-refractivity contribution in [2.24, 2.45) is 0 Å². The van der Waals surface area contributed by atoms with Crippen LogP contribution < -0.4 is 5.32 Å². The topological polar surface area (TPSA) is 169 Å². The van der Waals surface area contributed by atoms with Gasteiger partial charge in [-0.1, -0.05) is 172 Å². The number of amides is 1. The number of hydrogen-bond acceptors (Lipinski definition) is 9. The molecule has 0 spiro atoms. The fraction of sp³-hybridized carbons (Fsp3) is 0.841. The van der Waals surface area contributed by atoms with Crippen LogP contribution in [0.4, 0.5) is 0 Å². The normalized spacial score (nSPS) is 22.4. The summed E-state index contributed by atoms with van der Waals surface area (Å²) in [5.74, 6) is -0.632. The highest BCUT2D eigenvalue weighted by Crippen LogP contribution is 2.22. The van der Waals surface area contributed by atoms with Crippen LogP contribution in [0.2, 0.25) is 0 Å². The lowest BCUT2D eigenvalue weighted by Gasteiger charge is -2.40. The van der Waals surface area contributed by atoms with E-state index in [-0.39, 0.29) is 6.61 Å². The molecule has 1 amide bonds. The molecule has 0 aromatic heterocycles. The van der Waals surface area contributed by atoms with Gasteiger partial charge in [-0.3, -0.25) is 4.79 Å². The first-order valence-corrected chi connectivity index (χ1v) is 21.8. The molecule has 7 N–H and O–H groups in total. The Morgan fingerprint density at radius 3 is 1.57 bits per heavy atom. The zero-order valence-electron chi connectivity index (χ0n) is 34.1. The van der Waals surface area contributed by atoms with Crippen molar-refractivity contribution in [1.82, 2.24) is 5.32 Å². The molecule has 1 heterocycles. The van der Waals surface area contributed by atoms with Gasteiger partial charge in [0.05, 0.1) is 25.4 Å². The standard InChI is InChI=1S/C44H81NO9/c1-3-5-7-9-11-13-15-16-17-18-19-20-21-23-25-27-29-31-33-38(48)43(52)45-36(35-53-44-42(51)41(50)40(49)39(34-46)54-44)37(47)32-30-28-26-24-22-14-12-10-8-6-4-2/h8,10,22,24,30,32,36-42,44,46-51H,3-7,9,11-21,23,25-29,31,33-35H2,1-2H3,(H,45,52)/b10-8+,24-22+,32-30+. The van der Waals surface area contributed by atoms with E-state index in [1.807, 2.05) is 6.08 Å². The Morgan fingerprint density at radius 2 is 1.09 bits per heavy atom. The van der Waals surface area contributed by atoms with E-state index in [9.17, 15) is 35.4 Å². The fourth-order valence-electron chi connectivity index (χ4n) is 6.67. The van der Waals surface area contributed by atoms with E-state index in [1.54, 1.807) is 6.08 Å². The van der Waals surface area contributed by atoms with Crippen LogP contribution in [-0.4, -0.2) is 98.7 Å². The predicted octanol–water partition coefficient (Wildman–Crippen LogP) is 7.47. The van der Waals surface area contributed by atoms with Gasteiger partial charge in [-0.15, -0.1) is 0 Å². The molecule has 10 heteroatoms. The molecule has 8 unspecified atom stereocenters. The van der Waals surface area contributed by atoms with Crippen molar-refractivity contribution in [3.05, 3.63) is 36.5 Å². The number of allylic oxidation sites excluding steroid dienone is 5. The molecule has 1 rings (SSSR count). The van der Waals surface area contributed by atoms with Gasteiger partial charge in [0, 0.05) is 0 Å². The average molecular weight is 768 g/mol. The Balaban J connectivity index is 2.42. The maximum atomic E-state index is 13.0. The summed E-state index contributed by atoms with van der Waals surface area (Å²) in [6, 6.07) is -0.999. The van der Waals surface area contributed by atoms with Crippen LogP contribution >= 0.6 is 0 Å². The second kappa shape index (κ2) is 34.6. The number of carbonyl (C=O) groups is 1. The lowest BCUT2D eigenvalue weighted by molar-refractivity contribution is -0.302. The molecule has 0 saturated carbocycles. The number of nitrogens with one attached hydrogen (secondary N) is 1. The molecule has 316 valence electrons. The van der Waals surface area contributed by atoms with Crippen LogP contribution in [0.5, 0.6) is 0 Å². The smallest absolute Gasteiger partial charge is 0.249 e. The molecular weight excluding hydrogens is 686 g/mol. The maximum Gasteiger partial charge on any atom is 0.249 e. The molecule has 1 fully saturated rings. The molecule has 1 aliphatic heterocycles. The molecule has 0 aliphatic carbocycles. The maximum absolute atomic E-state index is 13.0. The average Bonchev–Trinajstić information content (AvgIpc) is 3.17. The van der Waals surface area contributed by atoms with Gasteiger partial charge in [-0.2, -0.15) is 0 Å². The first-order chi connectivity index (χ1) is 26.3. The van der Waals surface area contributed by atoms with Crippen LogP contribution in [-0.2, 0) is 14.3 Å². The third kappa shape index (κ3) is 24.8. The first-order valence-electron chi connectivity index (χ1n) is 21.8. The summed E-state index contributed by atoms with van der Waals surface area (Å²) in [4.78, 5) is 13.0. The van der Waals surface area contributed by atoms with Gasteiger partial charge in [0.25, 0.3) is 0 Å². The van der Waals surface area contributed by atoms with Crippen molar-refractivity contribution >= 4 is 5.91 Å². The molecule has 1 saturated heterocycles. The minimum atomic E-state index is -1.62. The summed E-state index contributed by atoms with van der Waals surface area (Å²) >= 11 is 0. The number of unbranched alkanes of at least 4 members (excludes halogenated alkanes) is 20. The van der Waals surface area contributed by atoms with Crippen molar-refractivity contribution in [2.75, 3.05) is 13.2 Å². The van der Waals surface area contributed by atoms with Crippen LogP contribution in [0.25, 0.3) is 0 Å². The summed E-state index contributed by atoms with van der Waals surface area (Å²) in [5, 5.41) is 64.4. The van der Waals surface area contributed by atoms with E-state index in [0.29, 0.717) is 19.3 Å². The molecule has 54 heavy (non-hydrogen) atoms. The summed E-state index contributed by atoms with van der Waals surface area (Å²) in [5.41, 5.74) is 0. The van der Waals surface area contributed by atoms with Crippen molar-refractivity contribution in [3.8, 4) is 0 Å². The van der Waals surface area contributed by atoms with Crippen molar-refractivity contribution in [3.63, 3.8) is 0 Å². The zero-order chi connectivity index (χ0) is 39.7. The number of rotatable bonds is 35. The minimum Gasteiger partial charge on any atom is -0.394 e. The number of aliphatic hydroxyl groups excluding tert-OH is 6. The van der Waals surface area contributed by atoms with E-state index >= 15 is 0 Å². The Morgan fingerprint density at radius 1 is 0.630 bits per heavy atom. The summed E-state index contributed by atoms with van der Waals surface area (Å²) in [7, 11) is 0. The molecule has 10 nitrogen and oxygen atoms in total. The molecule has 8 atom stereocenters. The lowest BCUT2D eigenvalue weighted by atomic mass is 9.99. The van der Waals surface area contributed by atoms with E-state index in [1.165, 1.54) is 89.9 Å². The fourth-order valence-corrected chi connectivity index (χ4v) is 6.67. The highest BCUT2D eigenvalue weighted by molar-refractivity contribution is 5.80. The van der Waals surface area contributed by atoms with Gasteiger partial charge in [-0.05, 0) is 38.5 Å². The SMILES string of the molecule is CCC/C=C/CC/C=C/CC/C=C/C(O)C(COC1OC(CO)C(O)C(O)C1O)NC(=O)C(O)CCCCCCCCCCCCCCCCCCCC. The van der Waals surface area contributed by atoms with E-state index in [0.717, 1.165) is 51.4 Å². The Bertz CT molecular complexity index is 958. The Labute approximate surface area is 328 Å². The van der Waals surface area contributed by atoms with E-state index < -0.39 is 61.5 Å². The highest BCUT2D eigenvalue weighted by Gasteiger charge is 2.44. The van der Waals surface area contributed by atoms with Crippen LogP contribution in [0, 0.1) is 0 Å². The number of aliphatic hydroxyl groups is 6. The Hall–Kier alpha value is -1.63. The van der Waals surface area contributed by atoms with Gasteiger partial charge in [0.15, 0.2) is 6.29 Å². The summed E-state index contributed by atoms with van der Waals surface area (Å²) in [6.45, 7) is 3.50. The summed E-state index contributed by atoms with van der Waals surface area (Å²) in [6.07, 6.45) is 31.0. The number of hydrogen-bond donors (Lipinski definition) is 7. The lowest BCUT2D eigenvalue weighted by Crippen LogP contribution is -2.60. The zero-order valence-corrected chi connectivity index (χ0v) is 34.1. The summed E-state index contributed by atoms with van der Waals surface area (Å²) < 4.78 is 11.1. The minimum absolute atomic E-state index is 0.303. The monoisotopic (exact) mass is 768 g/mol. The van der Waals surface area contributed by atoms with Gasteiger partial charge in [-0.25, -0.2) is 0 Å². The number of carbonyl (C=O) groups excluding carboxylic acids is 1. The second-order valence-electron chi connectivity index (χ2n) is 15.3. The van der Waals surface area contributed by atoms with Gasteiger partial charge < -0.3 is 45.4 Å². The van der Waals surface area contributed by atoms with E-state index in [4.69, 9.17) is 9.47 Å². The van der Waals surface area contributed by atoms with Crippen molar-refractivity contribution in [2.45, 2.75) is 223 Å². The molecule has 1 aliphatic rings. The molecule has 0 aromatic carbocycles. The molecule has 0 bridgehead atoms. The third-order valence-corrected chi connectivity index (χ3v) is 10.3. The highest BCUT2D eigenvalue weighted by atomic mass is 16.7. The van der Waals surface area contributed by atoms with Gasteiger partial charge in [0.1, 0.15) is 30.5 Å². The van der Waals surface area contributed by atoms with Crippen LogP contribution in [0.15, 0.2) is 36.5 Å². The van der Waals surface area contributed by atoms with Crippen LogP contribution in [0.1, 0.15) is 174 Å². The molecule has 0 aromatic rings. The first kappa shape index (κ1) is 50.4. The van der Waals surface area contributed by atoms with Crippen LogP contribution in [0.3, 0.4) is 0 Å². The Kier molecular flexibility index (Phi) is 32.3. The van der Waals surface area contributed by atoms with E-state index in [2.05, 4.69) is 43.5 Å². The number of ether oxygens (including phenoxy) is 2. The molecule has 0 radical (unpaired) electrons. The van der Waals surface area contributed by atoms with Gasteiger partial charge >= 0.3 is 0 Å². The van der Waals surface area contributed by atoms with Crippen molar-refractivity contribution < 1.29 is 44.9 Å². The third-order valence-electron chi connectivity index (χ3n) is 10.3. The predicted molar refractivity (Wildman–Crippen MR) is 218 cm³/mol. The second-order valence-corrected chi connectivity index (χ2v) is 15.3. The van der Waals surface area contributed by atoms with Crippen molar-refractivity contribution in [1.29, 1.82) is 0 Å². The quantitative estimate of drug-likeness (QED) is 0.0256. The van der Waals surface area contributed by atoms with Gasteiger partial charge in [0.2, 0.25) is 5.91 Å². The molecular formula is C44H81NO9.